The van der Waals surface area contributed by atoms with Crippen molar-refractivity contribution in [3.8, 4) is 17.2 Å². The van der Waals surface area contributed by atoms with E-state index in [4.69, 9.17) is 15.9 Å². The molecule has 1 atom stereocenters. The van der Waals surface area contributed by atoms with Gasteiger partial charge in [0.15, 0.2) is 0 Å². The molecule has 1 saturated heterocycles. The fraction of sp³-hybridized carbons (Fsp3) is 0.312. The van der Waals surface area contributed by atoms with Gasteiger partial charge in [-0.1, -0.05) is 85.1 Å². The zero-order valence-corrected chi connectivity index (χ0v) is 29.3. The maximum atomic E-state index is 12.7. The Labute approximate surface area is 307 Å². The van der Waals surface area contributed by atoms with Crippen molar-refractivity contribution in [1.82, 2.24) is 15.1 Å². The predicted molar refractivity (Wildman–Crippen MR) is 184 cm³/mol. The van der Waals surface area contributed by atoms with Crippen molar-refractivity contribution < 1.29 is 53.4 Å². The number of aromatic hydroxyl groups is 1. The van der Waals surface area contributed by atoms with Gasteiger partial charge in [0.2, 0.25) is 0 Å². The van der Waals surface area contributed by atoms with Gasteiger partial charge in [-0.2, -0.15) is 10.3 Å². The molecule has 15 heteroatoms. The molecule has 11 nitrogen and oxygen atoms in total. The molecular formula is C32H37N7Ni2O4S2+. The number of thiocarbonyl (C=S) groups is 2. The summed E-state index contributed by atoms with van der Waals surface area (Å²) in [5.74, 6) is 0.236. The van der Waals surface area contributed by atoms with Crippen molar-refractivity contribution in [2.24, 2.45) is 9.98 Å². The number of aliphatic imine (C=N–C) groups is 2. The van der Waals surface area contributed by atoms with E-state index in [1.807, 2.05) is 30.3 Å². The summed E-state index contributed by atoms with van der Waals surface area (Å²) in [6.07, 6.45) is 3.23. The third-order valence-electron chi connectivity index (χ3n) is 6.39. The van der Waals surface area contributed by atoms with E-state index in [0.717, 1.165) is 38.9 Å². The quantitative estimate of drug-likeness (QED) is 0.109. The molecule has 1 radical (unpaired) electrons. The van der Waals surface area contributed by atoms with Crippen molar-refractivity contribution in [3.63, 3.8) is 0 Å². The van der Waals surface area contributed by atoms with Crippen LogP contribution < -0.4 is 15.5 Å². The molecule has 3 aromatic carbocycles. The molecule has 1 aliphatic rings. The molecule has 0 aromatic heterocycles. The maximum Gasteiger partial charge on any atom is 3.00 e. The van der Waals surface area contributed by atoms with Crippen LogP contribution in [-0.2, 0) is 33.0 Å². The molecule has 1 heterocycles. The summed E-state index contributed by atoms with van der Waals surface area (Å²) in [5.41, 5.74) is 2.08. The Morgan fingerprint density at radius 2 is 1.30 bits per heavy atom. The van der Waals surface area contributed by atoms with Crippen molar-refractivity contribution in [2.45, 2.75) is 6.17 Å². The molecule has 0 amide bonds. The monoisotopic (exact) mass is 763 g/mol. The number of benzene rings is 3. The molecule has 3 N–H and O–H groups in total. The molecule has 3 aromatic rings. The number of hydrogen-bond acceptors (Lipinski definition) is 11. The van der Waals surface area contributed by atoms with Crippen molar-refractivity contribution in [2.75, 3.05) is 59.5 Å². The minimum absolute atomic E-state index is 0. The smallest absolute Gasteiger partial charge is 0.872 e. The van der Waals surface area contributed by atoms with Crippen molar-refractivity contribution in [1.29, 1.82) is 0 Å². The molecule has 0 bridgehead atoms. The molecule has 1 fully saturated rings. The van der Waals surface area contributed by atoms with Crippen LogP contribution in [0.3, 0.4) is 0 Å². The molecule has 0 aliphatic carbocycles. The van der Waals surface area contributed by atoms with E-state index in [1.54, 1.807) is 48.8 Å². The fourth-order valence-corrected chi connectivity index (χ4v) is 4.47. The maximum absolute atomic E-state index is 12.7. The number of hydrogen-bond donors (Lipinski definition) is 3. The van der Waals surface area contributed by atoms with E-state index in [1.165, 1.54) is 16.4 Å². The predicted octanol–water partition coefficient (Wildman–Crippen LogP) is 2.90. The zero-order valence-electron chi connectivity index (χ0n) is 25.7. The number of para-hydroxylation sites is 3. The van der Waals surface area contributed by atoms with Crippen LogP contribution >= 0.6 is 24.4 Å². The molecule has 0 saturated carbocycles. The minimum atomic E-state index is -0.0950. The Balaban J connectivity index is 0. The summed E-state index contributed by atoms with van der Waals surface area (Å²) in [6, 6.07) is 21.2. The van der Waals surface area contributed by atoms with Gasteiger partial charge in [-0.15, -0.1) is 11.5 Å². The minimum Gasteiger partial charge on any atom is -0.872 e. The van der Waals surface area contributed by atoms with Gasteiger partial charge >= 0.3 is 33.0 Å². The second-order valence-electron chi connectivity index (χ2n) is 9.08. The van der Waals surface area contributed by atoms with Gasteiger partial charge in [0.1, 0.15) is 5.75 Å². The molecule has 0 spiro atoms. The summed E-state index contributed by atoms with van der Waals surface area (Å²) in [4.78, 5) is 13.5. The van der Waals surface area contributed by atoms with E-state index < -0.39 is 0 Å². The number of rotatable bonds is 12. The van der Waals surface area contributed by atoms with Gasteiger partial charge in [-0.05, 0) is 23.3 Å². The number of nitrogens with zero attached hydrogens (tertiary/aromatic N) is 6. The first kappa shape index (κ1) is 45.9. The summed E-state index contributed by atoms with van der Waals surface area (Å²) in [5, 5.41) is 61.7. The first-order chi connectivity index (χ1) is 22.0. The second-order valence-corrected chi connectivity index (χ2v) is 9.45. The van der Waals surface area contributed by atoms with Crippen LogP contribution in [-0.4, -0.2) is 102 Å². The summed E-state index contributed by atoms with van der Waals surface area (Å²) < 4.78 is 0. The van der Waals surface area contributed by atoms with Gasteiger partial charge < -0.3 is 36.6 Å². The Morgan fingerprint density at radius 3 is 1.89 bits per heavy atom. The normalized spacial score (nSPS) is 13.7. The van der Waals surface area contributed by atoms with Crippen LogP contribution in [0.1, 0.15) is 22.9 Å². The topological polar surface area (TPSA) is 174 Å². The van der Waals surface area contributed by atoms with Crippen LogP contribution in [0.2, 0.25) is 0 Å². The number of aliphatic hydroxyl groups is 1. The number of phenols is 1. The van der Waals surface area contributed by atoms with Gasteiger partial charge in [-0.25, -0.2) is 0 Å². The van der Waals surface area contributed by atoms with Gasteiger partial charge in [0, 0.05) is 64.4 Å². The Bertz CT molecular complexity index is 1400. The van der Waals surface area contributed by atoms with Crippen molar-refractivity contribution >= 4 is 47.2 Å². The summed E-state index contributed by atoms with van der Waals surface area (Å²) >= 11 is 7.40. The molecule has 47 heavy (non-hydrogen) atoms. The van der Waals surface area contributed by atoms with Crippen molar-refractivity contribution in [3.05, 3.63) is 100 Å². The Hall–Kier alpha value is -3.17. The van der Waals surface area contributed by atoms with Crippen LogP contribution in [0.25, 0.3) is 10.8 Å². The fourth-order valence-electron chi connectivity index (χ4n) is 4.47. The first-order valence-electron chi connectivity index (χ1n) is 13.9. The number of isothiocyanates is 2. The van der Waals surface area contributed by atoms with Crippen LogP contribution in [0, 0.1) is 0 Å². The third kappa shape index (κ3) is 17.5. The molecule has 1 aliphatic heterocycles. The number of nitrogens with one attached hydrogen (secondary N) is 1. The zero-order chi connectivity index (χ0) is 33.3. The van der Waals surface area contributed by atoms with Gasteiger partial charge in [-0.3, -0.25) is 19.8 Å². The van der Waals surface area contributed by atoms with Gasteiger partial charge in [0.25, 0.3) is 0 Å². The SMILES string of the molecule is CO.[N-]=C=S.[N-]=C=S.[Ni+2].[Ni+3].[O-]c1ccccc1C=NCCNCCN1CCN(CCN=Cc2ccccc2O)[C@@H]1c1ccccc1[O-]. The molecule has 0 unspecified atom stereocenters. The Kier molecular flexibility index (Phi) is 28.4. The van der Waals surface area contributed by atoms with E-state index in [2.05, 4.69) is 49.5 Å². The Morgan fingerprint density at radius 1 is 0.809 bits per heavy atom. The van der Waals surface area contributed by atoms with E-state index in [-0.39, 0.29) is 56.4 Å². The standard InChI is InChI=1S/C29H35N5O3.2CNS.CH4O.2Ni/c35-26-10-4-1-7-23(26)21-31-14-13-30-15-17-33-19-20-34(29(33)25-9-3-6-12-28(25)37)18-16-32-22-24-8-2-5-11-27(24)36;2*2-1-3;1-2;;/h1-12,21-22,29-30,35-37H,13-20H2;;;2H,1H3;;/q;2*-1;;+2;+3/p-2/t29-;;;;;/m1...../s1. The molecule has 255 valence electrons. The average molecular weight is 765 g/mol. The van der Waals surface area contributed by atoms with E-state index in [9.17, 15) is 15.3 Å². The van der Waals surface area contributed by atoms with Crippen LogP contribution in [0.15, 0.2) is 82.8 Å². The van der Waals surface area contributed by atoms with Gasteiger partial charge in [0.05, 0.1) is 19.3 Å². The third-order valence-corrected chi connectivity index (χ3v) is 6.39. The average Bonchev–Trinajstić information content (AvgIpc) is 3.44. The van der Waals surface area contributed by atoms with Crippen LogP contribution in [0.4, 0.5) is 0 Å². The molecular weight excluding hydrogens is 728 g/mol. The van der Waals surface area contributed by atoms with E-state index in [0.29, 0.717) is 37.3 Å². The largest absolute Gasteiger partial charge is 3.00 e. The number of aliphatic hydroxyl groups excluding tert-OH is 1. The van der Waals surface area contributed by atoms with E-state index >= 15 is 0 Å². The second kappa shape index (κ2) is 29.0. The summed E-state index contributed by atoms with van der Waals surface area (Å²) in [6.45, 7) is 5.85. The first-order valence-corrected chi connectivity index (χ1v) is 14.7. The van der Waals surface area contributed by atoms with Crippen LogP contribution in [0.5, 0.6) is 17.2 Å². The molecule has 4 rings (SSSR count). The number of phenolic OH excluding ortho intramolecular Hbond substituents is 1. The summed E-state index contributed by atoms with van der Waals surface area (Å²) in [7, 11) is 1.00.